The molecule has 0 saturated carbocycles. The Hall–Kier alpha value is -2.40. The number of hydrogen-bond acceptors (Lipinski definition) is 3. The maximum atomic E-state index is 11.4. The molecule has 0 saturated heterocycles. The first-order valence-corrected chi connectivity index (χ1v) is 6.66. The van der Waals surface area contributed by atoms with Crippen LogP contribution < -0.4 is 5.32 Å². The Bertz CT molecular complexity index is 666. The first kappa shape index (κ1) is 15.0. The lowest BCUT2D eigenvalue weighted by Crippen LogP contribution is -2.45. The molecule has 0 aromatic heterocycles. The van der Waals surface area contributed by atoms with Crippen molar-refractivity contribution >= 4 is 22.6 Å². The third-order valence-corrected chi connectivity index (χ3v) is 3.25. The third-order valence-electron chi connectivity index (χ3n) is 3.25. The van der Waals surface area contributed by atoms with Gasteiger partial charge >= 0.3 is 5.97 Å². The SMILES string of the molecule is C[C@H](O)C(=O)N[C@@H](Cc1ccc2ccccc2c1)C(=O)O. The normalized spacial score (nSPS) is 13.6. The van der Waals surface area contributed by atoms with Gasteiger partial charge in [0.15, 0.2) is 0 Å². The summed E-state index contributed by atoms with van der Waals surface area (Å²) in [5.74, 6) is -1.82. The Morgan fingerprint density at radius 3 is 2.43 bits per heavy atom. The van der Waals surface area contributed by atoms with E-state index in [9.17, 15) is 14.7 Å². The van der Waals surface area contributed by atoms with Crippen molar-refractivity contribution in [1.82, 2.24) is 5.32 Å². The average Bonchev–Trinajstić information content (AvgIpc) is 2.46. The number of rotatable bonds is 5. The summed E-state index contributed by atoms with van der Waals surface area (Å²) in [5, 5.41) is 22.7. The molecule has 0 aliphatic heterocycles. The predicted molar refractivity (Wildman–Crippen MR) is 78.9 cm³/mol. The highest BCUT2D eigenvalue weighted by Crippen LogP contribution is 2.16. The van der Waals surface area contributed by atoms with Gasteiger partial charge in [0.25, 0.3) is 0 Å². The molecule has 0 unspecified atom stereocenters. The molecule has 1 amide bonds. The number of benzene rings is 2. The Morgan fingerprint density at radius 2 is 1.81 bits per heavy atom. The highest BCUT2D eigenvalue weighted by atomic mass is 16.4. The number of amides is 1. The number of aliphatic hydroxyl groups is 1. The summed E-state index contributed by atoms with van der Waals surface area (Å²) in [6, 6.07) is 12.4. The van der Waals surface area contributed by atoms with E-state index in [1.165, 1.54) is 6.92 Å². The van der Waals surface area contributed by atoms with Gasteiger partial charge in [-0.25, -0.2) is 4.79 Å². The van der Waals surface area contributed by atoms with E-state index in [-0.39, 0.29) is 6.42 Å². The predicted octanol–water partition coefficient (Wildman–Crippen LogP) is 1.33. The van der Waals surface area contributed by atoms with Crippen LogP contribution >= 0.6 is 0 Å². The quantitative estimate of drug-likeness (QED) is 0.774. The molecule has 0 heterocycles. The van der Waals surface area contributed by atoms with E-state index in [1.807, 2.05) is 42.5 Å². The van der Waals surface area contributed by atoms with Crippen molar-refractivity contribution in [2.75, 3.05) is 0 Å². The number of aliphatic hydroxyl groups excluding tert-OH is 1. The lowest BCUT2D eigenvalue weighted by molar-refractivity contribution is -0.143. The van der Waals surface area contributed by atoms with E-state index in [0.717, 1.165) is 16.3 Å². The largest absolute Gasteiger partial charge is 0.480 e. The van der Waals surface area contributed by atoms with E-state index in [2.05, 4.69) is 5.32 Å². The van der Waals surface area contributed by atoms with Crippen LogP contribution in [0.15, 0.2) is 42.5 Å². The number of carbonyl (C=O) groups is 2. The van der Waals surface area contributed by atoms with Gasteiger partial charge in [-0.3, -0.25) is 4.79 Å². The first-order chi connectivity index (χ1) is 9.97. The summed E-state index contributed by atoms with van der Waals surface area (Å²) in [4.78, 5) is 22.7. The van der Waals surface area contributed by atoms with Gasteiger partial charge in [0.1, 0.15) is 12.1 Å². The van der Waals surface area contributed by atoms with Gasteiger partial charge in [0.05, 0.1) is 0 Å². The Kier molecular flexibility index (Phi) is 4.55. The van der Waals surface area contributed by atoms with Gasteiger partial charge < -0.3 is 15.5 Å². The molecule has 0 bridgehead atoms. The van der Waals surface area contributed by atoms with Crippen molar-refractivity contribution in [3.8, 4) is 0 Å². The molecule has 2 aromatic rings. The van der Waals surface area contributed by atoms with Crippen LogP contribution in [0.4, 0.5) is 0 Å². The molecule has 110 valence electrons. The summed E-state index contributed by atoms with van der Waals surface area (Å²) < 4.78 is 0. The Labute approximate surface area is 122 Å². The fraction of sp³-hybridized carbons (Fsp3) is 0.250. The molecular weight excluding hydrogens is 270 g/mol. The van der Waals surface area contributed by atoms with Gasteiger partial charge in [-0.05, 0) is 23.3 Å². The monoisotopic (exact) mass is 287 g/mol. The van der Waals surface area contributed by atoms with Crippen LogP contribution in [-0.2, 0) is 16.0 Å². The van der Waals surface area contributed by atoms with E-state index in [4.69, 9.17) is 5.11 Å². The molecule has 21 heavy (non-hydrogen) atoms. The summed E-state index contributed by atoms with van der Waals surface area (Å²) in [7, 11) is 0. The number of carboxylic acid groups (broad SMARTS) is 1. The smallest absolute Gasteiger partial charge is 0.326 e. The van der Waals surface area contributed by atoms with Crippen LogP contribution in [0.2, 0.25) is 0 Å². The molecule has 3 N–H and O–H groups in total. The van der Waals surface area contributed by atoms with Gasteiger partial charge in [0.2, 0.25) is 5.91 Å². The topological polar surface area (TPSA) is 86.6 Å². The molecule has 0 fully saturated rings. The van der Waals surface area contributed by atoms with Gasteiger partial charge in [-0.1, -0.05) is 42.5 Å². The number of hydrogen-bond donors (Lipinski definition) is 3. The molecule has 0 aliphatic carbocycles. The van der Waals surface area contributed by atoms with Crippen LogP contribution in [0.1, 0.15) is 12.5 Å². The lowest BCUT2D eigenvalue weighted by Gasteiger charge is -2.16. The summed E-state index contributed by atoms with van der Waals surface area (Å²) in [5.41, 5.74) is 0.812. The highest BCUT2D eigenvalue weighted by Gasteiger charge is 2.22. The molecule has 2 aromatic carbocycles. The highest BCUT2D eigenvalue weighted by molar-refractivity contribution is 5.86. The number of nitrogens with one attached hydrogen (secondary N) is 1. The summed E-state index contributed by atoms with van der Waals surface area (Å²) >= 11 is 0. The lowest BCUT2D eigenvalue weighted by atomic mass is 10.0. The van der Waals surface area contributed by atoms with Crippen molar-refractivity contribution in [3.63, 3.8) is 0 Å². The summed E-state index contributed by atoms with van der Waals surface area (Å²) in [6.07, 6.45) is -1.07. The molecule has 0 aliphatic rings. The second-order valence-corrected chi connectivity index (χ2v) is 4.96. The van der Waals surface area contributed by atoms with Gasteiger partial charge in [-0.2, -0.15) is 0 Å². The van der Waals surface area contributed by atoms with Crippen molar-refractivity contribution in [2.45, 2.75) is 25.5 Å². The fourth-order valence-corrected chi connectivity index (χ4v) is 2.09. The van der Waals surface area contributed by atoms with E-state index in [1.54, 1.807) is 0 Å². The maximum Gasteiger partial charge on any atom is 0.326 e. The first-order valence-electron chi connectivity index (χ1n) is 6.66. The van der Waals surface area contributed by atoms with Crippen molar-refractivity contribution in [2.24, 2.45) is 0 Å². The zero-order chi connectivity index (χ0) is 15.4. The van der Waals surface area contributed by atoms with Crippen molar-refractivity contribution < 1.29 is 19.8 Å². The van der Waals surface area contributed by atoms with Crippen molar-refractivity contribution in [1.29, 1.82) is 0 Å². The van der Waals surface area contributed by atoms with Crippen LogP contribution in [0, 0.1) is 0 Å². The molecule has 2 atom stereocenters. The number of carboxylic acids is 1. The molecular formula is C16H17NO4. The fourth-order valence-electron chi connectivity index (χ4n) is 2.09. The standard InChI is InChI=1S/C16H17NO4/c1-10(18)15(19)17-14(16(20)21)9-11-6-7-12-4-2-3-5-13(12)8-11/h2-8,10,14,18H,9H2,1H3,(H,17,19)(H,20,21)/t10-,14-/m0/s1. The summed E-state index contributed by atoms with van der Waals surface area (Å²) in [6.45, 7) is 1.30. The second-order valence-electron chi connectivity index (χ2n) is 4.96. The Morgan fingerprint density at radius 1 is 1.14 bits per heavy atom. The second kappa shape index (κ2) is 6.37. The molecule has 5 heteroatoms. The molecule has 2 rings (SSSR count). The number of fused-ring (bicyclic) bond motifs is 1. The molecule has 5 nitrogen and oxygen atoms in total. The number of aliphatic carboxylic acids is 1. The van der Waals surface area contributed by atoms with E-state index in [0.29, 0.717) is 0 Å². The van der Waals surface area contributed by atoms with E-state index >= 15 is 0 Å². The van der Waals surface area contributed by atoms with Gasteiger partial charge in [-0.15, -0.1) is 0 Å². The molecule has 0 spiro atoms. The van der Waals surface area contributed by atoms with Crippen molar-refractivity contribution in [3.05, 3.63) is 48.0 Å². The Balaban J connectivity index is 2.18. The maximum absolute atomic E-state index is 11.4. The van der Waals surface area contributed by atoms with Gasteiger partial charge in [0, 0.05) is 6.42 Å². The average molecular weight is 287 g/mol. The zero-order valence-corrected chi connectivity index (χ0v) is 11.6. The van der Waals surface area contributed by atoms with Crippen LogP contribution in [0.3, 0.4) is 0 Å². The third kappa shape index (κ3) is 3.79. The minimum atomic E-state index is -1.23. The van der Waals surface area contributed by atoms with Crippen LogP contribution in [0.5, 0.6) is 0 Å². The molecule has 0 radical (unpaired) electrons. The minimum absolute atomic E-state index is 0.165. The minimum Gasteiger partial charge on any atom is -0.480 e. The van der Waals surface area contributed by atoms with Crippen LogP contribution in [0.25, 0.3) is 10.8 Å². The van der Waals surface area contributed by atoms with E-state index < -0.39 is 24.0 Å². The zero-order valence-electron chi connectivity index (χ0n) is 11.6. The van der Waals surface area contributed by atoms with Crippen LogP contribution in [-0.4, -0.2) is 34.2 Å². The number of carbonyl (C=O) groups excluding carboxylic acids is 1.